The molecule has 32 heavy (non-hydrogen) atoms. The van der Waals surface area contributed by atoms with Crippen molar-refractivity contribution < 1.29 is 26.0 Å². The van der Waals surface area contributed by atoms with Crippen LogP contribution in [0.5, 0.6) is 0 Å². The molecule has 8 nitrogen and oxygen atoms in total. The number of hydrogen-bond acceptors (Lipinski definition) is 6. The molecule has 0 radical (unpaired) electrons. The van der Waals surface area contributed by atoms with E-state index in [1.807, 2.05) is 0 Å². The van der Waals surface area contributed by atoms with E-state index in [0.717, 1.165) is 24.3 Å². The number of rotatable bonds is 8. The maximum Gasteiger partial charge on any atom is 0.240 e. The highest BCUT2D eigenvalue weighted by Gasteiger charge is 2.31. The van der Waals surface area contributed by atoms with Crippen LogP contribution in [0, 0.1) is 5.82 Å². The molecular weight excluding hydrogens is 457 g/mol. The fourth-order valence-corrected chi connectivity index (χ4v) is 5.75. The SMILES string of the molecule is CC(=O)Nc1ccc(S(=O)(=O)NCC(c2cccnc2)S(=O)(=O)c2ccc(F)cc2)cc1. The third-order valence-corrected chi connectivity index (χ3v) is 8.07. The van der Waals surface area contributed by atoms with Crippen molar-refractivity contribution in [2.75, 3.05) is 11.9 Å². The lowest BCUT2D eigenvalue weighted by Crippen LogP contribution is -2.32. The standard InChI is InChI=1S/C21H20FN3O5S2/c1-15(26)25-18-6-10-20(11-7-18)32(29,30)24-14-21(16-3-2-12-23-13-16)31(27,28)19-8-4-17(22)5-9-19/h2-13,21,24H,14H2,1H3,(H,25,26). The number of nitrogens with zero attached hydrogens (tertiary/aromatic N) is 1. The van der Waals surface area contributed by atoms with E-state index in [4.69, 9.17) is 0 Å². The molecule has 0 aliphatic rings. The van der Waals surface area contributed by atoms with E-state index in [0.29, 0.717) is 5.69 Å². The summed E-state index contributed by atoms with van der Waals surface area (Å²) < 4.78 is 67.5. The summed E-state index contributed by atoms with van der Waals surface area (Å²) in [7, 11) is -8.14. The number of sulfone groups is 1. The number of benzene rings is 2. The van der Waals surface area contributed by atoms with Crippen molar-refractivity contribution in [1.29, 1.82) is 0 Å². The summed E-state index contributed by atoms with van der Waals surface area (Å²) >= 11 is 0. The van der Waals surface area contributed by atoms with Crippen molar-refractivity contribution in [3.63, 3.8) is 0 Å². The van der Waals surface area contributed by atoms with Crippen LogP contribution in [0.15, 0.2) is 82.8 Å². The molecule has 3 aromatic rings. The van der Waals surface area contributed by atoms with E-state index in [1.54, 1.807) is 0 Å². The lowest BCUT2D eigenvalue weighted by Gasteiger charge is -2.19. The van der Waals surface area contributed by atoms with Crippen molar-refractivity contribution >= 4 is 31.5 Å². The number of carbonyl (C=O) groups excluding carboxylic acids is 1. The van der Waals surface area contributed by atoms with E-state index in [9.17, 15) is 26.0 Å². The Balaban J connectivity index is 1.89. The van der Waals surface area contributed by atoms with Crippen LogP contribution in [-0.2, 0) is 24.7 Å². The van der Waals surface area contributed by atoms with Gasteiger partial charge in [0.05, 0.1) is 9.79 Å². The Labute approximate surface area is 185 Å². The summed E-state index contributed by atoms with van der Waals surface area (Å²) in [5.74, 6) is -0.894. The second-order valence-electron chi connectivity index (χ2n) is 6.83. The Morgan fingerprint density at radius 2 is 1.59 bits per heavy atom. The summed E-state index contributed by atoms with van der Waals surface area (Å²) in [4.78, 5) is 14.8. The molecule has 3 rings (SSSR count). The number of aromatic nitrogens is 1. The molecule has 0 aliphatic heterocycles. The first-order valence-electron chi connectivity index (χ1n) is 9.36. The molecule has 0 aliphatic carbocycles. The lowest BCUT2D eigenvalue weighted by atomic mass is 10.2. The topological polar surface area (TPSA) is 122 Å². The maximum atomic E-state index is 13.3. The van der Waals surface area contributed by atoms with Gasteiger partial charge in [0, 0.05) is 31.5 Å². The summed E-state index contributed by atoms with van der Waals surface area (Å²) in [5, 5.41) is 1.23. The number of pyridine rings is 1. The predicted molar refractivity (Wildman–Crippen MR) is 116 cm³/mol. The highest BCUT2D eigenvalue weighted by molar-refractivity contribution is 7.92. The van der Waals surface area contributed by atoms with Crippen LogP contribution < -0.4 is 10.0 Å². The van der Waals surface area contributed by atoms with E-state index < -0.39 is 37.5 Å². The first-order chi connectivity index (χ1) is 15.1. The molecule has 0 bridgehead atoms. The average molecular weight is 478 g/mol. The molecule has 1 amide bonds. The van der Waals surface area contributed by atoms with Crippen molar-refractivity contribution in [3.8, 4) is 0 Å². The molecule has 0 saturated carbocycles. The van der Waals surface area contributed by atoms with Crippen LogP contribution in [0.4, 0.5) is 10.1 Å². The minimum atomic E-state index is -4.08. The molecule has 0 saturated heterocycles. The van der Waals surface area contributed by atoms with Gasteiger partial charge in [-0.2, -0.15) is 0 Å². The molecule has 2 N–H and O–H groups in total. The Morgan fingerprint density at radius 1 is 0.969 bits per heavy atom. The van der Waals surface area contributed by atoms with Crippen molar-refractivity contribution in [2.45, 2.75) is 22.0 Å². The number of sulfonamides is 1. The van der Waals surface area contributed by atoms with Gasteiger partial charge >= 0.3 is 0 Å². The first-order valence-corrected chi connectivity index (χ1v) is 12.4. The van der Waals surface area contributed by atoms with Crippen LogP contribution in [0.3, 0.4) is 0 Å². The van der Waals surface area contributed by atoms with Crippen molar-refractivity contribution in [3.05, 3.63) is 84.4 Å². The van der Waals surface area contributed by atoms with Gasteiger partial charge in [0.15, 0.2) is 9.84 Å². The number of anilines is 1. The zero-order valence-electron chi connectivity index (χ0n) is 16.9. The van der Waals surface area contributed by atoms with Crippen LogP contribution in [0.2, 0.25) is 0 Å². The van der Waals surface area contributed by atoms with Gasteiger partial charge in [-0.3, -0.25) is 9.78 Å². The van der Waals surface area contributed by atoms with Gasteiger partial charge in [-0.25, -0.2) is 25.9 Å². The lowest BCUT2D eigenvalue weighted by molar-refractivity contribution is -0.114. The normalized spacial score (nSPS) is 12.8. The summed E-state index contributed by atoms with van der Waals surface area (Å²) in [6.07, 6.45) is 2.80. The largest absolute Gasteiger partial charge is 0.326 e. The van der Waals surface area contributed by atoms with E-state index in [-0.39, 0.29) is 21.3 Å². The Morgan fingerprint density at radius 3 is 2.16 bits per heavy atom. The molecule has 168 valence electrons. The van der Waals surface area contributed by atoms with Gasteiger partial charge in [-0.15, -0.1) is 0 Å². The van der Waals surface area contributed by atoms with Gasteiger partial charge in [0.2, 0.25) is 15.9 Å². The van der Waals surface area contributed by atoms with E-state index >= 15 is 0 Å². The van der Waals surface area contributed by atoms with Crippen LogP contribution in [0.25, 0.3) is 0 Å². The average Bonchev–Trinajstić information content (AvgIpc) is 2.75. The smallest absolute Gasteiger partial charge is 0.240 e. The molecule has 1 heterocycles. The molecule has 11 heteroatoms. The minimum absolute atomic E-state index is 0.101. The minimum Gasteiger partial charge on any atom is -0.326 e. The highest BCUT2D eigenvalue weighted by atomic mass is 32.2. The zero-order chi connectivity index (χ0) is 23.4. The van der Waals surface area contributed by atoms with Crippen LogP contribution in [0.1, 0.15) is 17.7 Å². The third-order valence-electron chi connectivity index (χ3n) is 4.52. The van der Waals surface area contributed by atoms with E-state index in [2.05, 4.69) is 15.0 Å². The molecule has 1 unspecified atom stereocenters. The fourth-order valence-electron chi connectivity index (χ4n) is 2.95. The Bertz CT molecular complexity index is 1300. The molecular formula is C21H20FN3O5S2. The van der Waals surface area contributed by atoms with Crippen molar-refractivity contribution in [2.24, 2.45) is 0 Å². The van der Waals surface area contributed by atoms with Gasteiger partial charge in [0.25, 0.3) is 0 Å². The second kappa shape index (κ2) is 9.55. The maximum absolute atomic E-state index is 13.3. The molecule has 1 aromatic heterocycles. The quantitative estimate of drug-likeness (QED) is 0.481. The first kappa shape index (κ1) is 23.5. The third kappa shape index (κ3) is 5.55. The molecule has 1 atom stereocenters. The number of carbonyl (C=O) groups is 1. The second-order valence-corrected chi connectivity index (χ2v) is 10.7. The van der Waals surface area contributed by atoms with Crippen molar-refractivity contribution in [1.82, 2.24) is 9.71 Å². The van der Waals surface area contributed by atoms with Gasteiger partial charge < -0.3 is 5.32 Å². The summed E-state index contributed by atoms with van der Waals surface area (Å²) in [5.41, 5.74) is 0.698. The molecule has 0 fully saturated rings. The number of hydrogen-bond donors (Lipinski definition) is 2. The zero-order valence-corrected chi connectivity index (χ0v) is 18.5. The predicted octanol–water partition coefficient (Wildman–Crippen LogP) is 2.67. The molecule has 2 aromatic carbocycles. The van der Waals surface area contributed by atoms with Crippen LogP contribution >= 0.6 is 0 Å². The van der Waals surface area contributed by atoms with Gasteiger partial charge in [0.1, 0.15) is 11.1 Å². The number of amides is 1. The molecule has 0 spiro atoms. The van der Waals surface area contributed by atoms with E-state index in [1.165, 1.54) is 55.7 Å². The highest BCUT2D eigenvalue weighted by Crippen LogP contribution is 2.29. The van der Waals surface area contributed by atoms with Gasteiger partial charge in [-0.1, -0.05) is 6.07 Å². The summed E-state index contributed by atoms with van der Waals surface area (Å²) in [6.45, 7) is 0.855. The monoisotopic (exact) mass is 477 g/mol. The van der Waals surface area contributed by atoms with Gasteiger partial charge in [-0.05, 0) is 60.2 Å². The number of nitrogens with one attached hydrogen (secondary N) is 2. The Hall–Kier alpha value is -3.15. The fraction of sp³-hybridized carbons (Fsp3) is 0.143. The Kier molecular flexibility index (Phi) is 7.02. The number of halogens is 1. The van der Waals surface area contributed by atoms with Crippen LogP contribution in [-0.4, -0.2) is 34.3 Å². The summed E-state index contributed by atoms with van der Waals surface area (Å²) in [6, 6.07) is 12.8.